The van der Waals surface area contributed by atoms with E-state index < -0.39 is 10.2 Å². The Hall–Kier alpha value is -0.526. The van der Waals surface area contributed by atoms with E-state index in [1.165, 1.54) is 4.00 Å². The van der Waals surface area contributed by atoms with Crippen molar-refractivity contribution in [3.05, 3.63) is 40.4 Å². The quantitative estimate of drug-likeness (QED) is 0.675. The van der Waals surface area contributed by atoms with Crippen molar-refractivity contribution in [2.45, 2.75) is 43.0 Å². The van der Waals surface area contributed by atoms with Crippen LogP contribution in [0.15, 0.2) is 40.4 Å². The number of aromatic amines is 1. The average Bonchev–Trinajstić information content (AvgIpc) is 2.75. The third-order valence-electron chi connectivity index (χ3n) is 5.80. The molecule has 1 aromatic rings. The van der Waals surface area contributed by atoms with Crippen LogP contribution in [0, 0.1) is 0 Å². The molecule has 0 radical (unpaired) electrons. The summed E-state index contributed by atoms with van der Waals surface area (Å²) in [5, 5.41) is 17.6. The molecule has 1 aliphatic rings. The molecule has 0 aromatic carbocycles. The molecule has 0 spiro atoms. The van der Waals surface area contributed by atoms with Gasteiger partial charge in [-0.05, 0) is 0 Å². The van der Waals surface area contributed by atoms with Gasteiger partial charge in [-0.3, -0.25) is 0 Å². The Morgan fingerprint density at radius 1 is 1.00 bits per heavy atom. The predicted octanol–water partition coefficient (Wildman–Crippen LogP) is 5.65. The molecule has 0 saturated heterocycles. The molecule has 103 valence electrons. The van der Waals surface area contributed by atoms with Crippen LogP contribution in [0.5, 0.6) is 0 Å². The number of nitrogens with one attached hydrogen (secondary N) is 1. The second kappa shape index (κ2) is 1.61. The van der Waals surface area contributed by atoms with Crippen LogP contribution < -0.4 is 4.00 Å². The van der Waals surface area contributed by atoms with E-state index in [0.29, 0.717) is 0 Å². The summed E-state index contributed by atoms with van der Waals surface area (Å²) in [5.41, 5.74) is 0. The fraction of sp³-hybridized carbons (Fsp3) is 0.500. The first kappa shape index (κ1) is 13.9. The van der Waals surface area contributed by atoms with Crippen LogP contribution in [0.1, 0.15) is 6.42 Å². The van der Waals surface area contributed by atoms with Gasteiger partial charge >= 0.3 is 103 Å². The van der Waals surface area contributed by atoms with Crippen molar-refractivity contribution < 1.29 is 10.2 Å². The first-order valence-corrected chi connectivity index (χ1v) is 19.7. The van der Waals surface area contributed by atoms with E-state index in [1.54, 1.807) is 3.88 Å². The van der Waals surface area contributed by atoms with Gasteiger partial charge < -0.3 is 0 Å². The van der Waals surface area contributed by atoms with Crippen molar-refractivity contribution in [3.63, 3.8) is 0 Å². The van der Waals surface area contributed by atoms with Gasteiger partial charge in [0.15, 0.2) is 0 Å². The number of hydrogen-bond acceptors (Lipinski definition) is 0. The maximum absolute atomic E-state index is 4.85. The van der Waals surface area contributed by atoms with Crippen molar-refractivity contribution in [2.24, 2.45) is 0 Å². The fourth-order valence-corrected chi connectivity index (χ4v) is 12.6. The summed E-state index contributed by atoms with van der Waals surface area (Å²) >= 11 is 0. The van der Waals surface area contributed by atoms with E-state index in [2.05, 4.69) is 78.1 Å². The summed E-state index contributed by atoms with van der Waals surface area (Å²) in [5.74, 6) is 0. The topological polar surface area (TPSA) is 15.8 Å². The van der Waals surface area contributed by atoms with Gasteiger partial charge in [0, 0.05) is 0 Å². The minimum absolute atomic E-state index is 1.05. The van der Waals surface area contributed by atoms with Crippen LogP contribution in [-0.4, -0.2) is 4.98 Å². The van der Waals surface area contributed by atoms with Crippen molar-refractivity contribution in [1.82, 2.24) is 4.98 Å². The van der Waals surface area contributed by atoms with Crippen molar-refractivity contribution in [2.75, 3.05) is 0 Å². The number of hydrogen-bond donors (Lipinski definition) is 1. The molecular formula is C16H30NTi. The molecule has 1 aromatic heterocycles. The SMILES string of the molecule is [CH3][Ti]([CH3])([CH3])([CH3])([CH3])([CH3])([CH3])([C]1=CC=CC1)[c]1ccc[nH]1. The molecule has 1 aliphatic carbocycles. The van der Waals surface area contributed by atoms with Crippen LogP contribution in [0.2, 0.25) is 36.6 Å². The molecule has 18 heavy (non-hydrogen) atoms. The second-order valence-corrected chi connectivity index (χ2v) is 62.5. The number of aromatic nitrogens is 1. The standard InChI is InChI=1S/C5H5.C4H4N.7CH3.Ti/c2*1-2-4-5-3-1;;;;;;;;/h1-3H,4H2;1-3,5H;7*1H3;. The van der Waals surface area contributed by atoms with E-state index in [4.69, 9.17) is 0 Å². The normalized spacial score (nSPS) is 27.9. The zero-order valence-corrected chi connectivity index (χ0v) is 14.7. The van der Waals surface area contributed by atoms with Gasteiger partial charge in [0.2, 0.25) is 0 Å². The van der Waals surface area contributed by atoms with Gasteiger partial charge in [-0.15, -0.1) is 0 Å². The van der Waals surface area contributed by atoms with E-state index in [1.807, 2.05) is 0 Å². The maximum atomic E-state index is 3.56. The summed E-state index contributed by atoms with van der Waals surface area (Å²) in [6.07, 6.45) is 9.91. The Labute approximate surface area is 102 Å². The second-order valence-electron chi connectivity index (χ2n) is 16.5. The molecule has 0 amide bonds. The van der Waals surface area contributed by atoms with Gasteiger partial charge in [0.05, 0.1) is 0 Å². The zero-order valence-electron chi connectivity index (χ0n) is 13.2. The summed E-state index contributed by atoms with van der Waals surface area (Å²) in [6.45, 7) is 0. The van der Waals surface area contributed by atoms with Crippen LogP contribution in [0.25, 0.3) is 0 Å². The number of rotatable bonds is 2. The molecular weight excluding hydrogens is 254 g/mol. The molecule has 0 aliphatic heterocycles. The molecule has 0 atom stereocenters. The Morgan fingerprint density at radius 3 is 2.00 bits per heavy atom. The van der Waals surface area contributed by atoms with Gasteiger partial charge in [-0.2, -0.15) is 0 Å². The third-order valence-corrected chi connectivity index (χ3v) is 20.7. The third kappa shape index (κ3) is 1.57. The summed E-state index contributed by atoms with van der Waals surface area (Å²) in [6, 6.07) is 4.39. The average molecular weight is 284 g/mol. The molecule has 2 heteroatoms. The van der Waals surface area contributed by atoms with Gasteiger partial charge in [0.25, 0.3) is 0 Å². The van der Waals surface area contributed by atoms with Crippen molar-refractivity contribution in [1.29, 1.82) is 0 Å². The fourth-order valence-electron chi connectivity index (χ4n) is 3.51. The molecule has 1 N–H and O–H groups in total. The molecule has 0 fully saturated rings. The van der Waals surface area contributed by atoms with Crippen LogP contribution >= 0.6 is 0 Å². The van der Waals surface area contributed by atoms with E-state index >= 15 is 0 Å². The van der Waals surface area contributed by atoms with Gasteiger partial charge in [-0.1, -0.05) is 0 Å². The first-order chi connectivity index (χ1) is 7.35. The minimum atomic E-state index is -4.85. The summed E-state index contributed by atoms with van der Waals surface area (Å²) in [4.78, 5) is 3.56. The Balaban J connectivity index is 3.19. The first-order valence-electron chi connectivity index (χ1n) is 7.21. The van der Waals surface area contributed by atoms with Crippen LogP contribution in [0.4, 0.5) is 0 Å². The molecule has 1 nitrogen and oxygen atoms in total. The molecule has 0 saturated carbocycles. The van der Waals surface area contributed by atoms with Crippen LogP contribution in [-0.2, 0) is 10.2 Å². The Kier molecular flexibility index (Phi) is 1.24. The molecule has 2 rings (SSSR count). The molecule has 0 bridgehead atoms. The van der Waals surface area contributed by atoms with E-state index in [-0.39, 0.29) is 0 Å². The zero-order chi connectivity index (χ0) is 14.1. The molecule has 0 unspecified atom stereocenters. The summed E-state index contributed by atoms with van der Waals surface area (Å²) < 4.78 is 2.92. The van der Waals surface area contributed by atoms with Gasteiger partial charge in [0.1, 0.15) is 0 Å². The number of allylic oxidation sites excluding steroid dienone is 4. The van der Waals surface area contributed by atoms with Crippen LogP contribution in [0.3, 0.4) is 0 Å². The van der Waals surface area contributed by atoms with E-state index in [9.17, 15) is 0 Å². The summed E-state index contributed by atoms with van der Waals surface area (Å²) in [7, 11) is -4.85. The predicted molar refractivity (Wildman–Crippen MR) is 83.3 cm³/mol. The van der Waals surface area contributed by atoms with E-state index in [0.717, 1.165) is 6.42 Å². The molecule has 1 heterocycles. The number of H-pyrrole nitrogens is 1. The van der Waals surface area contributed by atoms with Crippen molar-refractivity contribution in [3.8, 4) is 0 Å². The van der Waals surface area contributed by atoms with Gasteiger partial charge in [-0.25, -0.2) is 0 Å². The van der Waals surface area contributed by atoms with Crippen molar-refractivity contribution >= 4 is 4.00 Å². The Bertz CT molecular complexity index is 643. The Morgan fingerprint density at radius 2 is 1.61 bits per heavy atom. The monoisotopic (exact) mass is 284 g/mol.